The lowest BCUT2D eigenvalue weighted by atomic mass is 10.1. The topological polar surface area (TPSA) is 33.5 Å². The third-order valence-corrected chi connectivity index (χ3v) is 3.86. The molecule has 0 aliphatic heterocycles. The molecule has 2 N–H and O–H groups in total. The van der Waals surface area contributed by atoms with Crippen molar-refractivity contribution in [3.63, 3.8) is 0 Å². The van der Waals surface area contributed by atoms with E-state index >= 15 is 0 Å². The quantitative estimate of drug-likeness (QED) is 0.865. The van der Waals surface area contributed by atoms with E-state index in [1.807, 2.05) is 39.1 Å². The van der Waals surface area contributed by atoms with Crippen molar-refractivity contribution in [3.05, 3.63) is 63.9 Å². The highest BCUT2D eigenvalue weighted by Gasteiger charge is 2.15. The van der Waals surface area contributed by atoms with Crippen LogP contribution in [0.25, 0.3) is 0 Å². The summed E-state index contributed by atoms with van der Waals surface area (Å²) in [4.78, 5) is 13.0. The zero-order chi connectivity index (χ0) is 17.0. The van der Waals surface area contributed by atoms with E-state index in [2.05, 4.69) is 5.32 Å². The molecule has 3 nitrogen and oxygen atoms in total. The van der Waals surface area contributed by atoms with Gasteiger partial charge in [-0.2, -0.15) is 0 Å². The summed E-state index contributed by atoms with van der Waals surface area (Å²) in [5, 5.41) is 3.27. The average Bonchev–Trinajstić information content (AvgIpc) is 2.41. The minimum atomic E-state index is -0.341. The molecule has 0 saturated heterocycles. The highest BCUT2D eigenvalue weighted by atomic mass is 35.5. The molecule has 23 heavy (non-hydrogen) atoms. The monoisotopic (exact) mass is 335 g/mol. The lowest BCUT2D eigenvalue weighted by Gasteiger charge is -2.15. The van der Waals surface area contributed by atoms with Crippen molar-refractivity contribution >= 4 is 23.2 Å². The van der Waals surface area contributed by atoms with Gasteiger partial charge in [0.25, 0.3) is 5.91 Å². The fourth-order valence-electron chi connectivity index (χ4n) is 2.59. The van der Waals surface area contributed by atoms with Gasteiger partial charge < -0.3 is 10.2 Å². The molecule has 122 valence electrons. The molecule has 0 radical (unpaired) electrons. The molecule has 5 heteroatoms. The first-order valence-corrected chi connectivity index (χ1v) is 7.85. The fourth-order valence-corrected chi connectivity index (χ4v) is 2.82. The van der Waals surface area contributed by atoms with Crippen LogP contribution in [0.3, 0.4) is 0 Å². The zero-order valence-corrected chi connectivity index (χ0v) is 14.3. The summed E-state index contributed by atoms with van der Waals surface area (Å²) < 4.78 is 13.8. The maximum Gasteiger partial charge on any atom is 0.279 e. The number of likely N-dealkylation sites (N-methyl/N-ethyl adjacent to an activating group) is 1. The largest absolute Gasteiger partial charge is 0.326 e. The Morgan fingerprint density at radius 2 is 1.87 bits per heavy atom. The van der Waals surface area contributed by atoms with E-state index in [0.29, 0.717) is 17.1 Å². The predicted molar refractivity (Wildman–Crippen MR) is 91.4 cm³/mol. The maximum atomic E-state index is 13.8. The molecule has 1 atom stereocenters. The Bertz CT molecular complexity index is 678. The minimum Gasteiger partial charge on any atom is -0.326 e. The van der Waals surface area contributed by atoms with Crippen molar-refractivity contribution in [2.45, 2.75) is 20.4 Å². The second kappa shape index (κ2) is 7.57. The lowest BCUT2D eigenvalue weighted by molar-refractivity contribution is -0.885. The molecule has 1 unspecified atom stereocenters. The van der Waals surface area contributed by atoms with Gasteiger partial charge in [-0.3, -0.25) is 4.79 Å². The predicted octanol–water partition coefficient (Wildman–Crippen LogP) is 2.75. The van der Waals surface area contributed by atoms with Crippen molar-refractivity contribution in [1.82, 2.24) is 0 Å². The number of nitrogens with one attached hydrogen (secondary N) is 2. The van der Waals surface area contributed by atoms with E-state index in [1.54, 1.807) is 12.1 Å². The van der Waals surface area contributed by atoms with Gasteiger partial charge in [-0.15, -0.1) is 0 Å². The fraction of sp³-hybridized carbons (Fsp3) is 0.278. The second-order valence-corrected chi connectivity index (χ2v) is 6.34. The average molecular weight is 336 g/mol. The molecule has 0 fully saturated rings. The highest BCUT2D eigenvalue weighted by Crippen LogP contribution is 2.17. The second-order valence-electron chi connectivity index (χ2n) is 5.94. The SMILES string of the molecule is Cc1cc(C)cc(NC(=O)C[NH+](C)Cc2c(F)cccc2Cl)c1. The smallest absolute Gasteiger partial charge is 0.279 e. The van der Waals surface area contributed by atoms with Gasteiger partial charge >= 0.3 is 0 Å². The van der Waals surface area contributed by atoms with Crippen LogP contribution in [0.5, 0.6) is 0 Å². The molecule has 0 aromatic heterocycles. The summed E-state index contributed by atoms with van der Waals surface area (Å²) in [5.41, 5.74) is 3.41. The van der Waals surface area contributed by atoms with Crippen molar-refractivity contribution < 1.29 is 14.1 Å². The number of rotatable bonds is 5. The number of halogens is 2. The molecule has 0 aliphatic carbocycles. The summed E-state index contributed by atoms with van der Waals surface area (Å²) in [6.45, 7) is 4.56. The van der Waals surface area contributed by atoms with Crippen LogP contribution in [0.4, 0.5) is 10.1 Å². The molecule has 0 bridgehead atoms. The van der Waals surface area contributed by atoms with Gasteiger partial charge in [0.1, 0.15) is 12.4 Å². The molecule has 0 spiro atoms. The van der Waals surface area contributed by atoms with Crippen molar-refractivity contribution in [2.24, 2.45) is 0 Å². The highest BCUT2D eigenvalue weighted by molar-refractivity contribution is 6.31. The molecule has 1 amide bonds. The Labute approximate surface area is 141 Å². The van der Waals surface area contributed by atoms with Gasteiger partial charge in [-0.25, -0.2) is 4.39 Å². The summed E-state index contributed by atoms with van der Waals surface area (Å²) >= 11 is 6.02. The number of amides is 1. The van der Waals surface area contributed by atoms with E-state index in [4.69, 9.17) is 11.6 Å². The van der Waals surface area contributed by atoms with Gasteiger partial charge in [0.05, 0.1) is 17.6 Å². The van der Waals surface area contributed by atoms with Gasteiger partial charge in [0.2, 0.25) is 0 Å². The number of carbonyl (C=O) groups excluding carboxylic acids is 1. The van der Waals surface area contributed by atoms with Gasteiger partial charge in [0.15, 0.2) is 6.54 Å². The van der Waals surface area contributed by atoms with Crippen LogP contribution in [-0.2, 0) is 11.3 Å². The van der Waals surface area contributed by atoms with Crippen LogP contribution in [0.15, 0.2) is 36.4 Å². The number of hydrogen-bond donors (Lipinski definition) is 2. The zero-order valence-electron chi connectivity index (χ0n) is 13.5. The van der Waals surface area contributed by atoms with Crippen LogP contribution in [0, 0.1) is 19.7 Å². The van der Waals surface area contributed by atoms with Crippen LogP contribution in [0.1, 0.15) is 16.7 Å². The van der Waals surface area contributed by atoms with E-state index in [-0.39, 0.29) is 18.3 Å². The van der Waals surface area contributed by atoms with E-state index in [0.717, 1.165) is 21.7 Å². The standard InChI is InChI=1S/C18H20ClFN2O/c1-12-7-13(2)9-14(8-12)21-18(23)11-22(3)10-15-16(19)5-4-6-17(15)20/h4-9H,10-11H2,1-3H3,(H,21,23)/p+1. The van der Waals surface area contributed by atoms with Crippen LogP contribution >= 0.6 is 11.6 Å². The number of carbonyl (C=O) groups is 1. The Kier molecular flexibility index (Phi) is 5.74. The number of anilines is 1. The summed E-state index contributed by atoms with van der Waals surface area (Å²) in [5.74, 6) is -0.452. The minimum absolute atomic E-state index is 0.111. The first-order chi connectivity index (χ1) is 10.8. The molecule has 0 saturated carbocycles. The summed E-state index contributed by atoms with van der Waals surface area (Å²) in [6, 6.07) is 10.5. The van der Waals surface area contributed by atoms with E-state index in [1.165, 1.54) is 6.07 Å². The molecule has 2 aromatic carbocycles. The molecule has 2 rings (SSSR count). The van der Waals surface area contributed by atoms with E-state index in [9.17, 15) is 9.18 Å². The number of aryl methyl sites for hydroxylation is 2. The third kappa shape index (κ3) is 5.05. The van der Waals surface area contributed by atoms with Gasteiger partial charge in [0, 0.05) is 5.69 Å². The third-order valence-electron chi connectivity index (χ3n) is 3.51. The molecule has 2 aromatic rings. The number of hydrogen-bond acceptors (Lipinski definition) is 1. The Morgan fingerprint density at radius 1 is 1.22 bits per heavy atom. The Balaban J connectivity index is 1.97. The molecule has 0 aliphatic rings. The van der Waals surface area contributed by atoms with Crippen LogP contribution < -0.4 is 10.2 Å². The van der Waals surface area contributed by atoms with Gasteiger partial charge in [-0.1, -0.05) is 23.7 Å². The Morgan fingerprint density at radius 3 is 2.48 bits per heavy atom. The van der Waals surface area contributed by atoms with Crippen LogP contribution in [0.2, 0.25) is 5.02 Å². The lowest BCUT2D eigenvalue weighted by Crippen LogP contribution is -3.08. The maximum absolute atomic E-state index is 13.8. The van der Waals surface area contributed by atoms with Crippen molar-refractivity contribution in [1.29, 1.82) is 0 Å². The molecule has 0 heterocycles. The van der Waals surface area contributed by atoms with Crippen molar-refractivity contribution in [3.8, 4) is 0 Å². The number of quaternary nitrogens is 1. The van der Waals surface area contributed by atoms with E-state index < -0.39 is 0 Å². The number of benzene rings is 2. The Hall–Kier alpha value is -1.91. The normalized spacial score (nSPS) is 12.0. The van der Waals surface area contributed by atoms with Crippen LogP contribution in [-0.4, -0.2) is 19.5 Å². The first-order valence-electron chi connectivity index (χ1n) is 7.47. The summed E-state index contributed by atoms with van der Waals surface area (Å²) in [6.07, 6.45) is 0. The first kappa shape index (κ1) is 17.4. The van der Waals surface area contributed by atoms with Gasteiger partial charge in [-0.05, 0) is 49.2 Å². The van der Waals surface area contributed by atoms with Crippen molar-refractivity contribution in [2.75, 3.05) is 18.9 Å². The molecular formula is C18H21ClFN2O+. The summed E-state index contributed by atoms with van der Waals surface area (Å²) in [7, 11) is 1.84. The molecular weight excluding hydrogens is 315 g/mol.